The number of rotatable bonds is 6. The van der Waals surface area contributed by atoms with E-state index in [1.54, 1.807) is 6.21 Å². The minimum absolute atomic E-state index is 0.0454. The predicted molar refractivity (Wildman–Crippen MR) is 124 cm³/mol. The molecule has 0 aliphatic carbocycles. The molecule has 160 valence electrons. The standard InChI is InChI=1S/C19H19N13/c20-14-27-15(21)30-18(29-14)25-12-3-1-10(2-4-12)9-24-11-5-7-13(8-6-11)26-19-31-16(22)28-17(23)32-19/h1-9H,(H5,20,21,25,27,29,30)(H5,22,23,26,28,31,32)/b24-9+. The van der Waals surface area contributed by atoms with Crippen LogP contribution in [-0.4, -0.2) is 36.1 Å². The average Bonchev–Trinajstić information content (AvgIpc) is 2.73. The predicted octanol–water partition coefficient (Wildman–Crippen LogP) is 1.62. The number of hydrogen-bond donors (Lipinski definition) is 6. The van der Waals surface area contributed by atoms with Gasteiger partial charge >= 0.3 is 0 Å². The van der Waals surface area contributed by atoms with Crippen LogP contribution in [0.3, 0.4) is 0 Å². The second-order valence-electron chi connectivity index (χ2n) is 6.43. The van der Waals surface area contributed by atoms with Gasteiger partial charge in [0.15, 0.2) is 0 Å². The highest BCUT2D eigenvalue weighted by atomic mass is 15.2. The van der Waals surface area contributed by atoms with Crippen LogP contribution in [0.1, 0.15) is 5.56 Å². The summed E-state index contributed by atoms with van der Waals surface area (Å²) in [5.41, 5.74) is 25.5. The molecule has 0 fully saturated rings. The smallest absolute Gasteiger partial charge is 0.233 e. The van der Waals surface area contributed by atoms with Crippen LogP contribution < -0.4 is 33.6 Å². The maximum atomic E-state index is 5.57. The second-order valence-corrected chi connectivity index (χ2v) is 6.43. The average molecular weight is 429 g/mol. The molecular weight excluding hydrogens is 410 g/mol. The van der Waals surface area contributed by atoms with Crippen molar-refractivity contribution in [3.05, 3.63) is 54.1 Å². The van der Waals surface area contributed by atoms with E-state index in [1.807, 2.05) is 48.5 Å². The molecule has 0 spiro atoms. The molecule has 10 N–H and O–H groups in total. The normalized spacial score (nSPS) is 10.9. The van der Waals surface area contributed by atoms with E-state index < -0.39 is 0 Å². The number of benzene rings is 2. The monoisotopic (exact) mass is 429 g/mol. The van der Waals surface area contributed by atoms with Crippen molar-refractivity contribution in [3.63, 3.8) is 0 Å². The third-order valence-corrected chi connectivity index (χ3v) is 3.99. The zero-order valence-electron chi connectivity index (χ0n) is 16.6. The fourth-order valence-electron chi connectivity index (χ4n) is 2.62. The highest BCUT2D eigenvalue weighted by Gasteiger charge is 2.03. The van der Waals surface area contributed by atoms with Gasteiger partial charge in [0.1, 0.15) is 0 Å². The highest BCUT2D eigenvalue weighted by molar-refractivity contribution is 5.82. The zero-order valence-corrected chi connectivity index (χ0v) is 16.6. The third-order valence-electron chi connectivity index (χ3n) is 3.99. The van der Waals surface area contributed by atoms with Gasteiger partial charge in [-0.3, -0.25) is 4.99 Å². The van der Waals surface area contributed by atoms with Crippen LogP contribution >= 0.6 is 0 Å². The van der Waals surface area contributed by atoms with Crippen molar-refractivity contribution in [2.24, 2.45) is 4.99 Å². The maximum absolute atomic E-state index is 5.57. The lowest BCUT2D eigenvalue weighted by molar-refractivity contribution is 1.08. The maximum Gasteiger partial charge on any atom is 0.233 e. The largest absolute Gasteiger partial charge is 0.368 e. The summed E-state index contributed by atoms with van der Waals surface area (Å²) in [6.45, 7) is 0. The highest BCUT2D eigenvalue weighted by Crippen LogP contribution is 2.20. The molecule has 0 unspecified atom stereocenters. The molecule has 0 saturated carbocycles. The summed E-state index contributed by atoms with van der Waals surface area (Å²) in [7, 11) is 0. The van der Waals surface area contributed by atoms with Crippen LogP contribution in [0.25, 0.3) is 0 Å². The van der Waals surface area contributed by atoms with Crippen molar-refractivity contribution >= 4 is 59.0 Å². The molecule has 32 heavy (non-hydrogen) atoms. The molecule has 4 aromatic rings. The van der Waals surface area contributed by atoms with Crippen LogP contribution in [0.5, 0.6) is 0 Å². The number of aromatic nitrogens is 6. The number of nitrogens with zero attached hydrogens (tertiary/aromatic N) is 7. The Kier molecular flexibility index (Phi) is 5.52. The number of nitrogens with two attached hydrogens (primary N) is 4. The first-order chi connectivity index (χ1) is 15.4. The Morgan fingerprint density at radius 2 is 0.969 bits per heavy atom. The van der Waals surface area contributed by atoms with E-state index in [1.165, 1.54) is 0 Å². The van der Waals surface area contributed by atoms with Gasteiger partial charge in [0.25, 0.3) is 0 Å². The van der Waals surface area contributed by atoms with Crippen LogP contribution in [0.2, 0.25) is 0 Å². The lowest BCUT2D eigenvalue weighted by atomic mass is 10.2. The summed E-state index contributed by atoms with van der Waals surface area (Å²) >= 11 is 0. The van der Waals surface area contributed by atoms with Gasteiger partial charge < -0.3 is 33.6 Å². The van der Waals surface area contributed by atoms with E-state index in [2.05, 4.69) is 45.5 Å². The van der Waals surface area contributed by atoms with Crippen LogP contribution in [0.15, 0.2) is 53.5 Å². The third kappa shape index (κ3) is 5.29. The van der Waals surface area contributed by atoms with Crippen molar-refractivity contribution in [3.8, 4) is 0 Å². The number of anilines is 8. The minimum atomic E-state index is 0.0454. The van der Waals surface area contributed by atoms with Crippen molar-refractivity contribution < 1.29 is 0 Å². The summed E-state index contributed by atoms with van der Waals surface area (Å²) < 4.78 is 0. The van der Waals surface area contributed by atoms with E-state index in [0.717, 1.165) is 22.6 Å². The van der Waals surface area contributed by atoms with E-state index >= 15 is 0 Å². The molecular formula is C19H19N13. The van der Waals surface area contributed by atoms with Gasteiger partial charge in [-0.05, 0) is 42.0 Å². The molecule has 0 radical (unpaired) electrons. The Labute approximate surface area is 182 Å². The lowest BCUT2D eigenvalue weighted by Gasteiger charge is -2.06. The Morgan fingerprint density at radius 1 is 0.562 bits per heavy atom. The molecule has 0 amide bonds. The van der Waals surface area contributed by atoms with Gasteiger partial charge in [-0.25, -0.2) is 0 Å². The van der Waals surface area contributed by atoms with E-state index in [0.29, 0.717) is 0 Å². The molecule has 0 saturated heterocycles. The fourth-order valence-corrected chi connectivity index (χ4v) is 2.62. The molecule has 2 aromatic heterocycles. The van der Waals surface area contributed by atoms with Gasteiger partial charge in [0.05, 0.1) is 5.69 Å². The lowest BCUT2D eigenvalue weighted by Crippen LogP contribution is -2.06. The summed E-state index contributed by atoms with van der Waals surface area (Å²) in [5.74, 6) is 0.723. The van der Waals surface area contributed by atoms with E-state index in [4.69, 9.17) is 22.9 Å². The second kappa shape index (κ2) is 8.74. The van der Waals surface area contributed by atoms with Crippen LogP contribution in [0, 0.1) is 0 Å². The quantitative estimate of drug-likeness (QED) is 0.241. The summed E-state index contributed by atoms with van der Waals surface area (Å²) in [5, 5.41) is 6.02. The molecule has 2 heterocycles. The first-order valence-electron chi connectivity index (χ1n) is 9.25. The Hall–Kier alpha value is -5.07. The first kappa shape index (κ1) is 20.2. The molecule has 13 heteroatoms. The van der Waals surface area contributed by atoms with Crippen molar-refractivity contribution in [1.29, 1.82) is 0 Å². The first-order valence-corrected chi connectivity index (χ1v) is 9.25. The van der Waals surface area contributed by atoms with E-state index in [-0.39, 0.29) is 35.7 Å². The molecule has 4 rings (SSSR count). The van der Waals surface area contributed by atoms with Crippen LogP contribution in [-0.2, 0) is 0 Å². The van der Waals surface area contributed by atoms with Crippen molar-refractivity contribution in [1.82, 2.24) is 29.9 Å². The molecule has 2 aromatic carbocycles. The topological polar surface area (TPSA) is 218 Å². The Morgan fingerprint density at radius 3 is 1.41 bits per heavy atom. The molecule has 13 nitrogen and oxygen atoms in total. The molecule has 0 aliphatic heterocycles. The molecule has 0 bridgehead atoms. The molecule has 0 atom stereocenters. The Bertz CT molecular complexity index is 1110. The minimum Gasteiger partial charge on any atom is -0.368 e. The number of nitrogen functional groups attached to an aromatic ring is 4. The van der Waals surface area contributed by atoms with Gasteiger partial charge in [0.2, 0.25) is 35.7 Å². The van der Waals surface area contributed by atoms with Gasteiger partial charge in [-0.15, -0.1) is 0 Å². The number of aliphatic imine (C=N–C) groups is 1. The van der Waals surface area contributed by atoms with Gasteiger partial charge in [-0.2, -0.15) is 29.9 Å². The van der Waals surface area contributed by atoms with Crippen LogP contribution in [0.4, 0.5) is 52.8 Å². The number of hydrogen-bond acceptors (Lipinski definition) is 13. The SMILES string of the molecule is Nc1nc(N)nc(Nc2ccc(/C=N/c3ccc(Nc4nc(N)nc(N)n4)cc3)cc2)n1. The Balaban J connectivity index is 1.38. The van der Waals surface area contributed by atoms with E-state index in [9.17, 15) is 0 Å². The van der Waals surface area contributed by atoms with Crippen molar-refractivity contribution in [2.45, 2.75) is 0 Å². The van der Waals surface area contributed by atoms with Gasteiger partial charge in [0, 0.05) is 17.6 Å². The summed E-state index contributed by atoms with van der Waals surface area (Å²) in [6, 6.07) is 14.9. The summed E-state index contributed by atoms with van der Waals surface area (Å²) in [6.07, 6.45) is 1.75. The fraction of sp³-hybridized carbons (Fsp3) is 0. The summed E-state index contributed by atoms with van der Waals surface area (Å²) in [4.78, 5) is 27.8. The van der Waals surface area contributed by atoms with Gasteiger partial charge in [-0.1, -0.05) is 12.1 Å². The molecule has 0 aliphatic rings. The number of nitrogens with one attached hydrogen (secondary N) is 2. The van der Waals surface area contributed by atoms with Crippen molar-refractivity contribution in [2.75, 3.05) is 33.6 Å². The zero-order chi connectivity index (χ0) is 22.5.